The van der Waals surface area contributed by atoms with Gasteiger partial charge in [-0.05, 0) is 24.1 Å². The van der Waals surface area contributed by atoms with Crippen molar-refractivity contribution in [3.63, 3.8) is 0 Å². The van der Waals surface area contributed by atoms with Crippen molar-refractivity contribution >= 4 is 18.1 Å². The molecule has 142 valence electrons. The van der Waals surface area contributed by atoms with Crippen LogP contribution in [-0.4, -0.2) is 67.0 Å². The van der Waals surface area contributed by atoms with E-state index < -0.39 is 0 Å². The lowest BCUT2D eigenvalue weighted by atomic mass is 10.1. The molecule has 27 heavy (non-hydrogen) atoms. The van der Waals surface area contributed by atoms with E-state index in [1.54, 1.807) is 18.2 Å². The molecule has 3 rings (SSSR count). The van der Waals surface area contributed by atoms with Crippen LogP contribution < -0.4 is 15.0 Å². The second-order valence-electron chi connectivity index (χ2n) is 6.24. The van der Waals surface area contributed by atoms with Crippen molar-refractivity contribution in [3.8, 4) is 5.75 Å². The molecule has 2 heterocycles. The first-order chi connectivity index (χ1) is 13.2. The number of nitrogens with one attached hydrogen (secondary N) is 1. The Balaban J connectivity index is 1.47. The highest BCUT2D eigenvalue weighted by Gasteiger charge is 2.17. The van der Waals surface area contributed by atoms with Gasteiger partial charge in [0.2, 0.25) is 6.41 Å². The number of hydrogen-bond acceptors (Lipinski definition) is 6. The third-order valence-corrected chi connectivity index (χ3v) is 4.52. The average molecular weight is 369 g/mol. The number of carbonyl (C=O) groups excluding carboxylic acids is 2. The largest absolute Gasteiger partial charge is 0.497 e. The number of ether oxygens (including phenoxy) is 1. The van der Waals surface area contributed by atoms with Gasteiger partial charge in [-0.25, -0.2) is 9.97 Å². The monoisotopic (exact) mass is 369 g/mol. The Morgan fingerprint density at radius 3 is 2.48 bits per heavy atom. The van der Waals surface area contributed by atoms with Gasteiger partial charge in [0.15, 0.2) is 0 Å². The Labute approximate surface area is 158 Å². The third kappa shape index (κ3) is 4.93. The van der Waals surface area contributed by atoms with Crippen molar-refractivity contribution in [2.75, 3.05) is 44.7 Å². The number of aromatic nitrogens is 2. The van der Waals surface area contributed by atoms with E-state index in [0.717, 1.165) is 30.0 Å². The van der Waals surface area contributed by atoms with Crippen LogP contribution in [0.5, 0.6) is 5.75 Å². The highest BCUT2D eigenvalue weighted by molar-refractivity contribution is 5.92. The number of nitrogens with zero attached hydrogens (tertiary/aromatic N) is 4. The van der Waals surface area contributed by atoms with Crippen LogP contribution in [0.1, 0.15) is 16.1 Å². The Morgan fingerprint density at radius 1 is 1.15 bits per heavy atom. The van der Waals surface area contributed by atoms with E-state index in [0.29, 0.717) is 38.4 Å². The van der Waals surface area contributed by atoms with Crippen LogP contribution in [0.15, 0.2) is 36.7 Å². The summed E-state index contributed by atoms with van der Waals surface area (Å²) in [6.07, 6.45) is 4.68. The van der Waals surface area contributed by atoms with Crippen molar-refractivity contribution < 1.29 is 14.3 Å². The first-order valence-corrected chi connectivity index (χ1v) is 8.87. The van der Waals surface area contributed by atoms with Gasteiger partial charge in [-0.15, -0.1) is 0 Å². The molecule has 8 nitrogen and oxygen atoms in total. The summed E-state index contributed by atoms with van der Waals surface area (Å²) in [5, 5.41) is 2.86. The predicted octanol–water partition coefficient (Wildman–Crippen LogP) is 0.736. The van der Waals surface area contributed by atoms with Crippen LogP contribution in [-0.2, 0) is 11.2 Å². The second kappa shape index (κ2) is 8.98. The van der Waals surface area contributed by atoms with Crippen molar-refractivity contribution in [1.29, 1.82) is 0 Å². The van der Waals surface area contributed by atoms with E-state index >= 15 is 0 Å². The van der Waals surface area contributed by atoms with Gasteiger partial charge in [0.25, 0.3) is 5.91 Å². The molecular formula is C19H23N5O3. The van der Waals surface area contributed by atoms with Crippen LogP contribution in [0, 0.1) is 0 Å². The first kappa shape index (κ1) is 18.6. The summed E-state index contributed by atoms with van der Waals surface area (Å²) in [5.74, 6) is 1.29. The lowest BCUT2D eigenvalue weighted by Crippen LogP contribution is -2.46. The number of methoxy groups -OCH3 is 1. The summed E-state index contributed by atoms with van der Waals surface area (Å²) >= 11 is 0. The van der Waals surface area contributed by atoms with Crippen LogP contribution >= 0.6 is 0 Å². The van der Waals surface area contributed by atoms with Crippen LogP contribution in [0.3, 0.4) is 0 Å². The molecule has 0 radical (unpaired) electrons. The van der Waals surface area contributed by atoms with Crippen LogP contribution in [0.4, 0.5) is 5.82 Å². The number of amides is 2. The zero-order chi connectivity index (χ0) is 19.1. The van der Waals surface area contributed by atoms with Crippen LogP contribution in [0.25, 0.3) is 0 Å². The number of piperazine rings is 1. The first-order valence-electron chi connectivity index (χ1n) is 8.87. The third-order valence-electron chi connectivity index (χ3n) is 4.52. The van der Waals surface area contributed by atoms with E-state index in [4.69, 9.17) is 4.74 Å². The van der Waals surface area contributed by atoms with Crippen molar-refractivity contribution in [1.82, 2.24) is 20.2 Å². The average Bonchev–Trinajstić information content (AvgIpc) is 2.74. The van der Waals surface area contributed by atoms with Gasteiger partial charge in [0, 0.05) is 32.7 Å². The number of hydrogen-bond donors (Lipinski definition) is 1. The summed E-state index contributed by atoms with van der Waals surface area (Å²) in [5.41, 5.74) is 1.41. The fourth-order valence-corrected chi connectivity index (χ4v) is 2.86. The smallest absolute Gasteiger partial charge is 0.271 e. The molecule has 1 saturated heterocycles. The Hall–Kier alpha value is -3.16. The quantitative estimate of drug-likeness (QED) is 0.724. The molecule has 1 aromatic heterocycles. The second-order valence-corrected chi connectivity index (χ2v) is 6.24. The lowest BCUT2D eigenvalue weighted by Gasteiger charge is -2.33. The molecule has 0 spiro atoms. The van der Waals surface area contributed by atoms with Gasteiger partial charge in [0.1, 0.15) is 17.3 Å². The topological polar surface area (TPSA) is 87.7 Å². The minimum Gasteiger partial charge on any atom is -0.497 e. The molecule has 1 aliphatic heterocycles. The molecule has 0 bridgehead atoms. The summed E-state index contributed by atoms with van der Waals surface area (Å²) < 4.78 is 5.13. The van der Waals surface area contributed by atoms with Crippen molar-refractivity contribution in [2.45, 2.75) is 6.42 Å². The van der Waals surface area contributed by atoms with Gasteiger partial charge in [-0.3, -0.25) is 9.59 Å². The minimum atomic E-state index is -0.242. The molecule has 1 aromatic carbocycles. The highest BCUT2D eigenvalue weighted by atomic mass is 16.5. The Bertz CT molecular complexity index is 756. The SMILES string of the molecule is COc1ccc(CCNC(=O)c2cnc(N3CCN(C=O)CC3)cn2)cc1. The number of rotatable bonds is 7. The Kier molecular flexibility index (Phi) is 6.19. The molecule has 0 saturated carbocycles. The molecular weight excluding hydrogens is 346 g/mol. The summed E-state index contributed by atoms with van der Waals surface area (Å²) in [6.45, 7) is 3.27. The fourth-order valence-electron chi connectivity index (χ4n) is 2.86. The van der Waals surface area contributed by atoms with Gasteiger partial charge in [-0.1, -0.05) is 12.1 Å². The Morgan fingerprint density at radius 2 is 1.89 bits per heavy atom. The van der Waals surface area contributed by atoms with E-state index in [1.165, 1.54) is 6.20 Å². The normalized spacial score (nSPS) is 14.0. The standard InChI is InChI=1S/C19H23N5O3/c1-27-16-4-2-15(3-5-16)6-7-20-19(26)17-12-22-18(13-21-17)24-10-8-23(14-25)9-11-24/h2-5,12-14H,6-11H2,1H3,(H,20,26). The van der Waals surface area contributed by atoms with Gasteiger partial charge in [0.05, 0.1) is 19.5 Å². The maximum atomic E-state index is 12.2. The number of anilines is 1. The summed E-state index contributed by atoms with van der Waals surface area (Å²) in [7, 11) is 1.63. The molecule has 1 N–H and O–H groups in total. The van der Waals surface area contributed by atoms with Crippen molar-refractivity contribution in [3.05, 3.63) is 47.9 Å². The maximum absolute atomic E-state index is 12.2. The van der Waals surface area contributed by atoms with E-state index in [-0.39, 0.29) is 5.91 Å². The van der Waals surface area contributed by atoms with E-state index in [9.17, 15) is 9.59 Å². The van der Waals surface area contributed by atoms with Gasteiger partial charge >= 0.3 is 0 Å². The molecule has 0 atom stereocenters. The maximum Gasteiger partial charge on any atom is 0.271 e. The molecule has 2 amide bonds. The van der Waals surface area contributed by atoms with E-state index in [1.807, 2.05) is 24.3 Å². The zero-order valence-corrected chi connectivity index (χ0v) is 15.3. The van der Waals surface area contributed by atoms with Gasteiger partial charge in [-0.2, -0.15) is 0 Å². The van der Waals surface area contributed by atoms with E-state index in [2.05, 4.69) is 20.2 Å². The molecule has 8 heteroatoms. The summed E-state index contributed by atoms with van der Waals surface area (Å²) in [4.78, 5) is 35.3. The zero-order valence-electron chi connectivity index (χ0n) is 15.3. The van der Waals surface area contributed by atoms with Crippen molar-refractivity contribution in [2.24, 2.45) is 0 Å². The number of carbonyl (C=O) groups is 2. The number of benzene rings is 1. The predicted molar refractivity (Wildman–Crippen MR) is 101 cm³/mol. The molecule has 0 aliphatic carbocycles. The molecule has 1 fully saturated rings. The molecule has 0 unspecified atom stereocenters. The minimum absolute atomic E-state index is 0.242. The molecule has 1 aliphatic rings. The van der Waals surface area contributed by atoms with Crippen LogP contribution in [0.2, 0.25) is 0 Å². The molecule has 2 aromatic rings. The lowest BCUT2D eigenvalue weighted by molar-refractivity contribution is -0.118. The summed E-state index contributed by atoms with van der Waals surface area (Å²) in [6, 6.07) is 7.75. The highest BCUT2D eigenvalue weighted by Crippen LogP contribution is 2.12. The fraction of sp³-hybridized carbons (Fsp3) is 0.368. The van der Waals surface area contributed by atoms with Gasteiger partial charge < -0.3 is 19.9 Å².